The molecule has 0 atom stereocenters. The number of hydrazine groups is 2. The topological polar surface area (TPSA) is 85.5 Å². The van der Waals surface area contributed by atoms with E-state index in [0.717, 1.165) is 24.0 Å². The fourth-order valence-electron chi connectivity index (χ4n) is 3.63. The number of aryl methyl sites for hydroxylation is 1. The third kappa shape index (κ3) is 2.87. The number of aromatic amines is 1. The van der Waals surface area contributed by atoms with Gasteiger partial charge in [-0.15, -0.1) is 0 Å². The van der Waals surface area contributed by atoms with Gasteiger partial charge in [0.05, 0.1) is 13.2 Å². The number of morpholine rings is 1. The molecule has 0 bridgehead atoms. The van der Waals surface area contributed by atoms with Gasteiger partial charge in [-0.1, -0.05) is 6.07 Å². The van der Waals surface area contributed by atoms with Crippen molar-refractivity contribution in [2.24, 2.45) is 0 Å². The van der Waals surface area contributed by atoms with Gasteiger partial charge in [0, 0.05) is 13.1 Å². The molecular formula is C18H21FN6O2. The van der Waals surface area contributed by atoms with Crippen molar-refractivity contribution in [1.82, 2.24) is 9.97 Å². The molecule has 2 aliphatic heterocycles. The number of aromatic nitrogens is 2. The van der Waals surface area contributed by atoms with E-state index in [1.807, 2.05) is 17.9 Å². The van der Waals surface area contributed by atoms with Crippen LogP contribution in [-0.4, -0.2) is 36.3 Å². The normalized spacial score (nSPS) is 18.9. The van der Waals surface area contributed by atoms with Gasteiger partial charge in [-0.05, 0) is 42.9 Å². The molecule has 3 heterocycles. The number of fused-ring (bicyclic) bond motifs is 1. The lowest BCUT2D eigenvalue weighted by Crippen LogP contribution is -2.38. The average Bonchev–Trinajstić information content (AvgIpc) is 3.42. The molecule has 3 N–H and O–H groups in total. The standard InChI is InChI=1S/C18H21FN6O2/c1-10-8-12(11-2-3-11)9-13(19)15(10)25-22-14-16(23-25)20-18(21-17(14)26)24-4-6-27-7-5-24/h8-9,11,22H,2-7H2,1H3,(H2,20,21,23,26). The Bertz CT molecular complexity index is 928. The summed E-state index contributed by atoms with van der Waals surface area (Å²) in [6.45, 7) is 4.38. The molecule has 1 saturated heterocycles. The number of ether oxygens (including phenoxy) is 1. The molecule has 0 unspecified atom stereocenters. The van der Waals surface area contributed by atoms with Crippen LogP contribution in [0.4, 0.5) is 27.5 Å². The van der Waals surface area contributed by atoms with Crippen molar-refractivity contribution in [2.75, 3.05) is 47.2 Å². The highest BCUT2D eigenvalue weighted by atomic mass is 19.1. The quantitative estimate of drug-likeness (QED) is 0.761. The number of benzene rings is 1. The third-order valence-corrected chi connectivity index (χ3v) is 5.21. The summed E-state index contributed by atoms with van der Waals surface area (Å²) in [4.78, 5) is 21.8. The summed E-state index contributed by atoms with van der Waals surface area (Å²) < 4.78 is 20.1. The van der Waals surface area contributed by atoms with Crippen LogP contribution < -0.4 is 26.4 Å². The van der Waals surface area contributed by atoms with Crippen LogP contribution in [0.2, 0.25) is 0 Å². The van der Waals surface area contributed by atoms with E-state index in [-0.39, 0.29) is 17.1 Å². The van der Waals surface area contributed by atoms with Crippen molar-refractivity contribution < 1.29 is 9.13 Å². The van der Waals surface area contributed by atoms with E-state index in [9.17, 15) is 9.18 Å². The monoisotopic (exact) mass is 372 g/mol. The first kappa shape index (κ1) is 16.4. The molecule has 0 radical (unpaired) electrons. The first-order valence-corrected chi connectivity index (χ1v) is 9.20. The zero-order valence-electron chi connectivity index (χ0n) is 15.0. The predicted octanol–water partition coefficient (Wildman–Crippen LogP) is 2.11. The molecule has 27 heavy (non-hydrogen) atoms. The lowest BCUT2D eigenvalue weighted by atomic mass is 10.1. The Kier molecular flexibility index (Phi) is 3.71. The van der Waals surface area contributed by atoms with E-state index in [2.05, 4.69) is 20.8 Å². The van der Waals surface area contributed by atoms with Crippen LogP contribution in [0.1, 0.15) is 29.9 Å². The van der Waals surface area contributed by atoms with Crippen LogP contribution >= 0.6 is 0 Å². The third-order valence-electron chi connectivity index (χ3n) is 5.21. The molecule has 0 amide bonds. The molecule has 9 heteroatoms. The van der Waals surface area contributed by atoms with Gasteiger partial charge in [0.15, 0.2) is 17.3 Å². The van der Waals surface area contributed by atoms with Crippen molar-refractivity contribution >= 4 is 23.1 Å². The molecule has 2 fully saturated rings. The van der Waals surface area contributed by atoms with Crippen molar-refractivity contribution in [2.45, 2.75) is 25.7 Å². The summed E-state index contributed by atoms with van der Waals surface area (Å²) >= 11 is 0. The maximum absolute atomic E-state index is 14.8. The van der Waals surface area contributed by atoms with Gasteiger partial charge < -0.3 is 9.64 Å². The molecule has 1 aliphatic carbocycles. The minimum absolute atomic E-state index is 0.275. The van der Waals surface area contributed by atoms with Gasteiger partial charge in [0.25, 0.3) is 5.56 Å². The summed E-state index contributed by atoms with van der Waals surface area (Å²) in [5, 5.41) is 1.43. The fourth-order valence-corrected chi connectivity index (χ4v) is 3.63. The highest BCUT2D eigenvalue weighted by Crippen LogP contribution is 2.42. The van der Waals surface area contributed by atoms with E-state index >= 15 is 0 Å². The Hall–Kier alpha value is -2.81. The zero-order valence-corrected chi connectivity index (χ0v) is 15.0. The Morgan fingerprint density at radius 2 is 2.00 bits per heavy atom. The molecule has 5 rings (SSSR count). The molecule has 0 spiro atoms. The van der Waals surface area contributed by atoms with Crippen LogP contribution in [0.15, 0.2) is 16.9 Å². The number of rotatable bonds is 3. The second-order valence-electron chi connectivity index (χ2n) is 7.21. The van der Waals surface area contributed by atoms with Crippen LogP contribution in [0.25, 0.3) is 0 Å². The van der Waals surface area contributed by atoms with Gasteiger partial charge in [-0.2, -0.15) is 10.1 Å². The Morgan fingerprint density at radius 1 is 1.22 bits per heavy atom. The Labute approximate surface area is 155 Å². The summed E-state index contributed by atoms with van der Waals surface area (Å²) in [7, 11) is 0. The number of H-pyrrole nitrogens is 1. The van der Waals surface area contributed by atoms with Gasteiger partial charge in [-0.25, -0.2) is 4.39 Å². The summed E-state index contributed by atoms with van der Waals surface area (Å²) in [6.07, 6.45) is 2.24. The zero-order chi connectivity index (χ0) is 18.5. The van der Waals surface area contributed by atoms with Gasteiger partial charge >= 0.3 is 0 Å². The number of halogens is 1. The Morgan fingerprint density at radius 3 is 2.70 bits per heavy atom. The summed E-state index contributed by atoms with van der Waals surface area (Å²) in [5.41, 5.74) is 8.12. The van der Waals surface area contributed by atoms with Crippen molar-refractivity contribution in [1.29, 1.82) is 0 Å². The minimum atomic E-state index is -0.325. The fraction of sp³-hybridized carbons (Fsp3) is 0.444. The van der Waals surface area contributed by atoms with Crippen LogP contribution in [0, 0.1) is 12.7 Å². The van der Waals surface area contributed by atoms with Crippen molar-refractivity contribution in [3.05, 3.63) is 39.4 Å². The molecule has 3 aliphatic rings. The highest BCUT2D eigenvalue weighted by Gasteiger charge is 2.30. The number of nitrogens with one attached hydrogen (secondary N) is 3. The van der Waals surface area contributed by atoms with Crippen LogP contribution in [0.5, 0.6) is 0 Å². The smallest absolute Gasteiger partial charge is 0.279 e. The number of hydrogen-bond acceptors (Lipinski definition) is 7. The second-order valence-corrected chi connectivity index (χ2v) is 7.21. The molecule has 8 nitrogen and oxygen atoms in total. The molecule has 2 aromatic rings. The van der Waals surface area contributed by atoms with E-state index in [1.165, 1.54) is 5.12 Å². The van der Waals surface area contributed by atoms with Crippen molar-refractivity contribution in [3.63, 3.8) is 0 Å². The van der Waals surface area contributed by atoms with Crippen LogP contribution in [0.3, 0.4) is 0 Å². The molecule has 1 aromatic heterocycles. The van der Waals surface area contributed by atoms with E-state index in [0.29, 0.717) is 49.7 Å². The maximum Gasteiger partial charge on any atom is 0.279 e. The highest BCUT2D eigenvalue weighted by molar-refractivity contribution is 5.77. The predicted molar refractivity (Wildman–Crippen MR) is 101 cm³/mol. The van der Waals surface area contributed by atoms with E-state index < -0.39 is 0 Å². The molecule has 142 valence electrons. The number of nitrogens with zero attached hydrogens (tertiary/aromatic N) is 3. The van der Waals surface area contributed by atoms with Gasteiger partial charge in [0.1, 0.15) is 5.69 Å². The first-order valence-electron chi connectivity index (χ1n) is 9.20. The number of hydrogen-bond donors (Lipinski definition) is 3. The largest absolute Gasteiger partial charge is 0.378 e. The van der Waals surface area contributed by atoms with Gasteiger partial charge in [0.2, 0.25) is 5.95 Å². The molecule has 1 saturated carbocycles. The van der Waals surface area contributed by atoms with Crippen molar-refractivity contribution in [3.8, 4) is 0 Å². The second kappa shape index (κ2) is 6.12. The van der Waals surface area contributed by atoms with Gasteiger partial charge in [-0.3, -0.25) is 20.6 Å². The lowest BCUT2D eigenvalue weighted by molar-refractivity contribution is 0.122. The summed E-state index contributed by atoms with van der Waals surface area (Å²) in [5.74, 6) is 1.02. The average molecular weight is 372 g/mol. The Balaban J connectivity index is 1.45. The van der Waals surface area contributed by atoms with E-state index in [4.69, 9.17) is 4.74 Å². The first-order chi connectivity index (χ1) is 13.1. The summed E-state index contributed by atoms with van der Waals surface area (Å²) in [6, 6.07) is 3.60. The van der Waals surface area contributed by atoms with E-state index in [1.54, 1.807) is 6.07 Å². The minimum Gasteiger partial charge on any atom is -0.378 e. The van der Waals surface area contributed by atoms with Crippen LogP contribution in [-0.2, 0) is 4.74 Å². The SMILES string of the molecule is Cc1cc(C2CC2)cc(F)c1N1Nc2nc(N3CCOCC3)[nH]c(=O)c2N1. The molecular weight excluding hydrogens is 351 g/mol. The maximum atomic E-state index is 14.8. The lowest BCUT2D eigenvalue weighted by Gasteiger charge is -2.27. The number of anilines is 4. The molecule has 1 aromatic carbocycles.